The molecule has 0 amide bonds. The van der Waals surface area contributed by atoms with Gasteiger partial charge in [-0.1, -0.05) is 12.1 Å². The molecule has 0 unspecified atom stereocenters. The first kappa shape index (κ1) is 15.4. The summed E-state index contributed by atoms with van der Waals surface area (Å²) in [6.07, 6.45) is 0. The maximum atomic E-state index is 12.6. The molecule has 2 aromatic rings. The van der Waals surface area contributed by atoms with Gasteiger partial charge < -0.3 is 10.2 Å². The van der Waals surface area contributed by atoms with E-state index in [1.165, 1.54) is 30.3 Å². The molecule has 0 spiro atoms. The monoisotopic (exact) mass is 298 g/mol. The summed E-state index contributed by atoms with van der Waals surface area (Å²) >= 11 is 0. The minimum absolute atomic E-state index is 0.0747. The fourth-order valence-corrected chi connectivity index (χ4v) is 2.31. The lowest BCUT2D eigenvalue weighted by molar-refractivity contribution is 0.0685. The molecule has 0 heterocycles. The van der Waals surface area contributed by atoms with E-state index in [0.29, 0.717) is 22.3 Å². The van der Waals surface area contributed by atoms with Crippen molar-refractivity contribution in [2.45, 2.75) is 13.8 Å². The lowest BCUT2D eigenvalue weighted by atomic mass is 9.93. The van der Waals surface area contributed by atoms with Crippen molar-refractivity contribution in [2.75, 3.05) is 0 Å². The van der Waals surface area contributed by atoms with E-state index < -0.39 is 11.9 Å². The van der Waals surface area contributed by atoms with Gasteiger partial charge in [0.2, 0.25) is 0 Å². The van der Waals surface area contributed by atoms with Crippen LogP contribution in [0.15, 0.2) is 36.4 Å². The number of aryl methyl sites for hydroxylation is 1. The summed E-state index contributed by atoms with van der Waals surface area (Å²) in [5, 5.41) is 18.1. The van der Waals surface area contributed by atoms with Crippen LogP contribution in [0.1, 0.15) is 47.8 Å². The van der Waals surface area contributed by atoms with Crippen LogP contribution < -0.4 is 0 Å². The van der Waals surface area contributed by atoms with Crippen molar-refractivity contribution >= 4 is 17.7 Å². The first-order chi connectivity index (χ1) is 10.3. The Balaban J connectivity index is 2.51. The van der Waals surface area contributed by atoms with Crippen molar-refractivity contribution in [3.63, 3.8) is 0 Å². The Labute approximate surface area is 126 Å². The molecule has 2 N–H and O–H groups in total. The van der Waals surface area contributed by atoms with Crippen molar-refractivity contribution < 1.29 is 24.6 Å². The molecule has 0 radical (unpaired) electrons. The molecule has 5 heteroatoms. The van der Waals surface area contributed by atoms with E-state index in [1.807, 2.05) is 0 Å². The first-order valence-electron chi connectivity index (χ1n) is 6.54. The molecule has 0 saturated carbocycles. The highest BCUT2D eigenvalue weighted by Crippen LogP contribution is 2.21. The molecule has 0 aliphatic rings. The average Bonchev–Trinajstić information content (AvgIpc) is 2.46. The van der Waals surface area contributed by atoms with Crippen molar-refractivity contribution in [1.29, 1.82) is 0 Å². The predicted octanol–water partition coefficient (Wildman–Crippen LogP) is 2.93. The van der Waals surface area contributed by atoms with Gasteiger partial charge >= 0.3 is 11.9 Å². The van der Waals surface area contributed by atoms with Gasteiger partial charge in [-0.2, -0.15) is 0 Å². The van der Waals surface area contributed by atoms with Crippen LogP contribution in [0.4, 0.5) is 0 Å². The minimum Gasteiger partial charge on any atom is -0.478 e. The molecule has 0 bridgehead atoms. The van der Waals surface area contributed by atoms with Gasteiger partial charge in [-0.05, 0) is 49.2 Å². The zero-order valence-electron chi connectivity index (χ0n) is 12.1. The number of carboxylic acids is 2. The third-order valence-electron chi connectivity index (χ3n) is 3.53. The summed E-state index contributed by atoms with van der Waals surface area (Å²) in [5.41, 5.74) is 1.75. The third-order valence-corrected chi connectivity index (χ3v) is 3.53. The van der Waals surface area contributed by atoms with Gasteiger partial charge in [0.1, 0.15) is 0 Å². The number of aromatic carboxylic acids is 2. The number of hydrogen-bond acceptors (Lipinski definition) is 3. The highest BCUT2D eigenvalue weighted by molar-refractivity contribution is 6.12. The molecule has 0 atom stereocenters. The van der Waals surface area contributed by atoms with E-state index in [4.69, 9.17) is 10.2 Å². The minimum atomic E-state index is -1.09. The van der Waals surface area contributed by atoms with Crippen LogP contribution in [0.3, 0.4) is 0 Å². The maximum absolute atomic E-state index is 12.6. The number of benzene rings is 2. The van der Waals surface area contributed by atoms with Gasteiger partial charge in [-0.3, -0.25) is 4.79 Å². The molecule has 0 saturated heterocycles. The topological polar surface area (TPSA) is 91.7 Å². The van der Waals surface area contributed by atoms with Crippen LogP contribution in [-0.4, -0.2) is 27.9 Å². The Bertz CT molecular complexity index is 790. The van der Waals surface area contributed by atoms with E-state index in [0.717, 1.165) is 0 Å². The van der Waals surface area contributed by atoms with Crippen LogP contribution in [0.2, 0.25) is 0 Å². The second kappa shape index (κ2) is 5.81. The standard InChI is InChI=1S/C17H14O5/c1-9-8-11(16(19)20)6-7-12(9)15(18)13-4-3-5-14(10(13)2)17(21)22/h3-8H,1-2H3,(H,19,20)(H,21,22). The lowest BCUT2D eigenvalue weighted by Crippen LogP contribution is -2.10. The molecule has 0 aliphatic carbocycles. The summed E-state index contributed by atoms with van der Waals surface area (Å²) in [4.78, 5) is 34.7. The Morgan fingerprint density at radius 3 is 2.00 bits per heavy atom. The second-order valence-corrected chi connectivity index (χ2v) is 4.95. The van der Waals surface area contributed by atoms with Gasteiger partial charge in [-0.15, -0.1) is 0 Å². The molecule has 112 valence electrons. The van der Waals surface area contributed by atoms with Crippen LogP contribution in [0.5, 0.6) is 0 Å². The Morgan fingerprint density at radius 2 is 1.45 bits per heavy atom. The third kappa shape index (κ3) is 2.74. The van der Waals surface area contributed by atoms with Gasteiger partial charge in [0.05, 0.1) is 11.1 Å². The summed E-state index contributed by atoms with van der Waals surface area (Å²) in [5.74, 6) is -2.48. The number of hydrogen-bond donors (Lipinski definition) is 2. The fourth-order valence-electron chi connectivity index (χ4n) is 2.31. The Morgan fingerprint density at radius 1 is 0.818 bits per heavy atom. The van der Waals surface area contributed by atoms with Gasteiger partial charge in [0.25, 0.3) is 0 Å². The van der Waals surface area contributed by atoms with Crippen molar-refractivity contribution in [2.24, 2.45) is 0 Å². The molecule has 0 fully saturated rings. The normalized spacial score (nSPS) is 10.3. The molecule has 2 rings (SSSR count). The number of rotatable bonds is 4. The summed E-state index contributed by atoms with van der Waals surface area (Å²) in [7, 11) is 0. The van der Waals surface area contributed by atoms with Crippen molar-refractivity contribution in [3.05, 3.63) is 69.8 Å². The van der Waals surface area contributed by atoms with Crippen LogP contribution >= 0.6 is 0 Å². The van der Waals surface area contributed by atoms with Crippen LogP contribution in [-0.2, 0) is 0 Å². The van der Waals surface area contributed by atoms with E-state index >= 15 is 0 Å². The van der Waals surface area contributed by atoms with Gasteiger partial charge in [0, 0.05) is 11.1 Å². The first-order valence-corrected chi connectivity index (χ1v) is 6.54. The number of ketones is 1. The molecule has 2 aromatic carbocycles. The SMILES string of the molecule is Cc1cc(C(=O)O)ccc1C(=O)c1cccc(C(=O)O)c1C. The van der Waals surface area contributed by atoms with Crippen molar-refractivity contribution in [3.8, 4) is 0 Å². The van der Waals surface area contributed by atoms with Crippen LogP contribution in [0, 0.1) is 13.8 Å². The molecular weight excluding hydrogens is 284 g/mol. The van der Waals surface area contributed by atoms with E-state index in [-0.39, 0.29) is 16.9 Å². The highest BCUT2D eigenvalue weighted by atomic mass is 16.4. The van der Waals surface area contributed by atoms with E-state index in [2.05, 4.69) is 0 Å². The highest BCUT2D eigenvalue weighted by Gasteiger charge is 2.18. The summed E-state index contributed by atoms with van der Waals surface area (Å²) in [6, 6.07) is 8.76. The predicted molar refractivity (Wildman–Crippen MR) is 79.7 cm³/mol. The molecule has 5 nitrogen and oxygen atoms in total. The van der Waals surface area contributed by atoms with Gasteiger partial charge in [-0.25, -0.2) is 9.59 Å². The molecule has 22 heavy (non-hydrogen) atoms. The molecule has 0 aromatic heterocycles. The Hall–Kier alpha value is -2.95. The zero-order valence-corrected chi connectivity index (χ0v) is 12.1. The summed E-state index contributed by atoms with van der Waals surface area (Å²) in [6.45, 7) is 3.23. The van der Waals surface area contributed by atoms with Gasteiger partial charge in [0.15, 0.2) is 5.78 Å². The zero-order chi connectivity index (χ0) is 16.4. The molecular formula is C17H14O5. The van der Waals surface area contributed by atoms with E-state index in [9.17, 15) is 14.4 Å². The summed E-state index contributed by atoms with van der Waals surface area (Å²) < 4.78 is 0. The maximum Gasteiger partial charge on any atom is 0.335 e. The number of carboxylic acid groups (broad SMARTS) is 2. The van der Waals surface area contributed by atoms with Crippen molar-refractivity contribution in [1.82, 2.24) is 0 Å². The number of carbonyl (C=O) groups excluding carboxylic acids is 1. The lowest BCUT2D eigenvalue weighted by Gasteiger charge is -2.10. The largest absolute Gasteiger partial charge is 0.478 e. The second-order valence-electron chi connectivity index (χ2n) is 4.95. The number of carbonyl (C=O) groups is 3. The Kier molecular flexibility index (Phi) is 4.08. The molecule has 0 aliphatic heterocycles. The van der Waals surface area contributed by atoms with E-state index in [1.54, 1.807) is 19.9 Å². The smallest absolute Gasteiger partial charge is 0.335 e. The average molecular weight is 298 g/mol. The van der Waals surface area contributed by atoms with Crippen LogP contribution in [0.25, 0.3) is 0 Å². The fraction of sp³-hybridized carbons (Fsp3) is 0.118. The quantitative estimate of drug-likeness (QED) is 0.847.